The number of rotatable bonds is 3. The molecule has 0 fully saturated rings. The van der Waals surface area contributed by atoms with E-state index in [2.05, 4.69) is 6.07 Å². The maximum atomic E-state index is 11.1. The fourth-order valence-electron chi connectivity index (χ4n) is 1.76. The summed E-state index contributed by atoms with van der Waals surface area (Å²) in [6.45, 7) is 0. The van der Waals surface area contributed by atoms with Gasteiger partial charge in [-0.05, 0) is 28.8 Å². The number of benzene rings is 2. The van der Waals surface area contributed by atoms with Crippen LogP contribution in [0, 0.1) is 11.3 Å². The van der Waals surface area contributed by atoms with E-state index in [0.717, 1.165) is 16.7 Å². The lowest BCUT2D eigenvalue weighted by Gasteiger charge is -2.04. The van der Waals surface area contributed by atoms with Crippen LogP contribution >= 0.6 is 0 Å². The highest BCUT2D eigenvalue weighted by Crippen LogP contribution is 2.21. The van der Waals surface area contributed by atoms with Gasteiger partial charge in [0.05, 0.1) is 12.5 Å². The number of hydrogen-bond donors (Lipinski definition) is 1. The van der Waals surface area contributed by atoms with Crippen LogP contribution in [0.1, 0.15) is 15.9 Å². The third kappa shape index (κ3) is 2.55. The number of carbonyl (C=O) groups is 1. The van der Waals surface area contributed by atoms with Gasteiger partial charge in [-0.3, -0.25) is 4.79 Å². The Morgan fingerprint density at radius 1 is 1.11 bits per heavy atom. The van der Waals surface area contributed by atoms with Crippen molar-refractivity contribution in [2.24, 2.45) is 5.73 Å². The summed E-state index contributed by atoms with van der Waals surface area (Å²) in [5.41, 5.74) is 8.66. The number of amides is 1. The van der Waals surface area contributed by atoms with E-state index in [1.807, 2.05) is 30.3 Å². The first-order chi connectivity index (χ1) is 8.70. The zero-order chi connectivity index (χ0) is 13.0. The van der Waals surface area contributed by atoms with Crippen molar-refractivity contribution in [2.75, 3.05) is 0 Å². The van der Waals surface area contributed by atoms with Crippen LogP contribution < -0.4 is 5.73 Å². The lowest BCUT2D eigenvalue weighted by molar-refractivity contribution is 0.100. The van der Waals surface area contributed by atoms with Gasteiger partial charge in [0.2, 0.25) is 5.91 Å². The zero-order valence-electron chi connectivity index (χ0n) is 9.76. The lowest BCUT2D eigenvalue weighted by atomic mass is 10.0. The molecule has 0 saturated heterocycles. The predicted molar refractivity (Wildman–Crippen MR) is 69.7 cm³/mol. The first-order valence-corrected chi connectivity index (χ1v) is 5.57. The summed E-state index contributed by atoms with van der Waals surface area (Å²) in [4.78, 5) is 11.1. The molecule has 0 aliphatic rings. The summed E-state index contributed by atoms with van der Waals surface area (Å²) < 4.78 is 0. The van der Waals surface area contributed by atoms with Crippen molar-refractivity contribution in [2.45, 2.75) is 6.42 Å². The summed E-state index contributed by atoms with van der Waals surface area (Å²) in [5.74, 6) is -0.432. The molecule has 0 atom stereocenters. The predicted octanol–water partition coefficient (Wildman–Crippen LogP) is 2.52. The van der Waals surface area contributed by atoms with Gasteiger partial charge in [-0.2, -0.15) is 5.26 Å². The molecule has 0 radical (unpaired) electrons. The largest absolute Gasteiger partial charge is 0.366 e. The molecule has 1 amide bonds. The van der Waals surface area contributed by atoms with Gasteiger partial charge >= 0.3 is 0 Å². The minimum atomic E-state index is -0.432. The molecular weight excluding hydrogens is 224 g/mol. The summed E-state index contributed by atoms with van der Waals surface area (Å²) in [6.07, 6.45) is 0.404. The van der Waals surface area contributed by atoms with Crippen molar-refractivity contribution in [1.82, 2.24) is 0 Å². The maximum Gasteiger partial charge on any atom is 0.248 e. The zero-order valence-corrected chi connectivity index (χ0v) is 9.76. The molecule has 0 heterocycles. The molecule has 3 heteroatoms. The Morgan fingerprint density at radius 3 is 2.44 bits per heavy atom. The Morgan fingerprint density at radius 2 is 1.83 bits per heavy atom. The van der Waals surface area contributed by atoms with E-state index in [1.54, 1.807) is 18.2 Å². The van der Waals surface area contributed by atoms with Gasteiger partial charge in [0.1, 0.15) is 0 Å². The SMILES string of the molecule is N#CCc1ccc(-c2cccc(C(N)=O)c2)cc1. The molecule has 88 valence electrons. The van der Waals surface area contributed by atoms with E-state index in [9.17, 15) is 4.79 Å². The molecule has 2 N–H and O–H groups in total. The molecule has 0 unspecified atom stereocenters. The third-order valence-corrected chi connectivity index (χ3v) is 2.72. The summed E-state index contributed by atoms with van der Waals surface area (Å²) in [6, 6.07) is 17.0. The van der Waals surface area contributed by atoms with E-state index in [4.69, 9.17) is 11.0 Å². The highest BCUT2D eigenvalue weighted by Gasteiger charge is 2.03. The highest BCUT2D eigenvalue weighted by molar-refractivity contribution is 5.94. The van der Waals surface area contributed by atoms with Gasteiger partial charge in [-0.15, -0.1) is 0 Å². The lowest BCUT2D eigenvalue weighted by Crippen LogP contribution is -2.10. The van der Waals surface area contributed by atoms with Crippen molar-refractivity contribution in [3.05, 3.63) is 59.7 Å². The monoisotopic (exact) mass is 236 g/mol. The number of primary amides is 1. The van der Waals surface area contributed by atoms with Crippen molar-refractivity contribution < 1.29 is 4.79 Å². The Balaban J connectivity index is 2.34. The van der Waals surface area contributed by atoms with E-state index >= 15 is 0 Å². The first kappa shape index (κ1) is 11.9. The molecule has 2 aromatic carbocycles. The number of nitriles is 1. The van der Waals surface area contributed by atoms with Crippen LogP contribution in [0.5, 0.6) is 0 Å². The van der Waals surface area contributed by atoms with Crippen molar-refractivity contribution in [1.29, 1.82) is 5.26 Å². The van der Waals surface area contributed by atoms with Crippen LogP contribution in [-0.4, -0.2) is 5.91 Å². The molecule has 0 spiro atoms. The standard InChI is InChI=1S/C15H12N2O/c16-9-8-11-4-6-12(7-5-11)13-2-1-3-14(10-13)15(17)18/h1-7,10H,8H2,(H2,17,18). The molecule has 0 bridgehead atoms. The Kier molecular flexibility index (Phi) is 3.40. The second kappa shape index (κ2) is 5.15. The fraction of sp³-hybridized carbons (Fsp3) is 0.0667. The van der Waals surface area contributed by atoms with E-state index in [1.165, 1.54) is 0 Å². The number of carbonyl (C=O) groups excluding carboxylic acids is 1. The van der Waals surface area contributed by atoms with Gasteiger partial charge in [-0.25, -0.2) is 0 Å². The summed E-state index contributed by atoms with van der Waals surface area (Å²) in [5, 5.41) is 8.60. The van der Waals surface area contributed by atoms with Crippen molar-refractivity contribution >= 4 is 5.91 Å². The van der Waals surface area contributed by atoms with Crippen LogP contribution in [0.4, 0.5) is 0 Å². The molecule has 0 saturated carbocycles. The van der Waals surface area contributed by atoms with Crippen LogP contribution in [0.2, 0.25) is 0 Å². The fourth-order valence-corrected chi connectivity index (χ4v) is 1.76. The number of nitrogens with zero attached hydrogens (tertiary/aromatic N) is 1. The first-order valence-electron chi connectivity index (χ1n) is 5.57. The third-order valence-electron chi connectivity index (χ3n) is 2.72. The smallest absolute Gasteiger partial charge is 0.248 e. The van der Waals surface area contributed by atoms with Crippen LogP contribution in [-0.2, 0) is 6.42 Å². The van der Waals surface area contributed by atoms with E-state index < -0.39 is 5.91 Å². The number of hydrogen-bond acceptors (Lipinski definition) is 2. The van der Waals surface area contributed by atoms with Gasteiger partial charge in [0, 0.05) is 5.56 Å². The average molecular weight is 236 g/mol. The van der Waals surface area contributed by atoms with E-state index in [-0.39, 0.29) is 0 Å². The average Bonchev–Trinajstić information content (AvgIpc) is 2.40. The molecule has 18 heavy (non-hydrogen) atoms. The van der Waals surface area contributed by atoms with Gasteiger partial charge in [0.15, 0.2) is 0 Å². The van der Waals surface area contributed by atoms with Crippen LogP contribution in [0.3, 0.4) is 0 Å². The second-order valence-corrected chi connectivity index (χ2v) is 3.98. The minimum absolute atomic E-state index is 0.404. The number of nitrogens with two attached hydrogens (primary N) is 1. The topological polar surface area (TPSA) is 66.9 Å². The maximum absolute atomic E-state index is 11.1. The Hall–Kier alpha value is -2.60. The highest BCUT2D eigenvalue weighted by atomic mass is 16.1. The quantitative estimate of drug-likeness (QED) is 0.889. The normalized spacial score (nSPS) is 9.72. The van der Waals surface area contributed by atoms with Crippen LogP contribution in [0.25, 0.3) is 11.1 Å². The molecule has 0 aromatic heterocycles. The minimum Gasteiger partial charge on any atom is -0.366 e. The van der Waals surface area contributed by atoms with Crippen LogP contribution in [0.15, 0.2) is 48.5 Å². The Labute approximate surface area is 105 Å². The van der Waals surface area contributed by atoms with Gasteiger partial charge in [0.25, 0.3) is 0 Å². The molecule has 0 aliphatic carbocycles. The summed E-state index contributed by atoms with van der Waals surface area (Å²) >= 11 is 0. The Bertz CT molecular complexity index is 609. The van der Waals surface area contributed by atoms with E-state index in [0.29, 0.717) is 12.0 Å². The van der Waals surface area contributed by atoms with Crippen molar-refractivity contribution in [3.8, 4) is 17.2 Å². The molecule has 2 aromatic rings. The summed E-state index contributed by atoms with van der Waals surface area (Å²) in [7, 11) is 0. The van der Waals surface area contributed by atoms with Gasteiger partial charge < -0.3 is 5.73 Å². The second-order valence-electron chi connectivity index (χ2n) is 3.98. The van der Waals surface area contributed by atoms with Crippen molar-refractivity contribution in [3.63, 3.8) is 0 Å². The molecule has 0 aliphatic heterocycles. The molecule has 3 nitrogen and oxygen atoms in total. The molecule has 2 rings (SSSR count). The van der Waals surface area contributed by atoms with Gasteiger partial charge in [-0.1, -0.05) is 36.4 Å². The molecular formula is C15H12N2O.